The smallest absolute Gasteiger partial charge is 0.137 e. The summed E-state index contributed by atoms with van der Waals surface area (Å²) in [5, 5.41) is 10.2. The Hall–Kier alpha value is -1.54. The monoisotopic (exact) mass is 216 g/mol. The maximum Gasteiger partial charge on any atom is 0.137 e. The Morgan fingerprint density at radius 1 is 1.00 bits per heavy atom. The Kier molecular flexibility index (Phi) is 2.84. The van der Waals surface area contributed by atoms with Gasteiger partial charge in [-0.1, -0.05) is 29.3 Å². The molecule has 2 aromatic rings. The van der Waals surface area contributed by atoms with E-state index in [9.17, 15) is 5.11 Å². The van der Waals surface area contributed by atoms with Crippen LogP contribution in [0.1, 0.15) is 34.3 Å². The van der Waals surface area contributed by atoms with Crippen molar-refractivity contribution >= 4 is 0 Å². The molecule has 0 amide bonds. The maximum atomic E-state index is 10.2. The highest BCUT2D eigenvalue weighted by Gasteiger charge is 2.14. The van der Waals surface area contributed by atoms with Crippen LogP contribution in [0.25, 0.3) is 0 Å². The van der Waals surface area contributed by atoms with E-state index in [1.807, 2.05) is 45.0 Å². The van der Waals surface area contributed by atoms with Crippen LogP contribution >= 0.6 is 0 Å². The van der Waals surface area contributed by atoms with Crippen molar-refractivity contribution in [3.8, 4) is 0 Å². The molecule has 0 aliphatic rings. The number of aliphatic hydroxyl groups excluding tert-OH is 1. The number of aliphatic hydroxyl groups is 1. The van der Waals surface area contributed by atoms with Gasteiger partial charge in [0.25, 0.3) is 0 Å². The van der Waals surface area contributed by atoms with Crippen molar-refractivity contribution in [1.82, 2.24) is 0 Å². The number of benzene rings is 1. The topological polar surface area (TPSA) is 33.4 Å². The van der Waals surface area contributed by atoms with Crippen molar-refractivity contribution in [2.75, 3.05) is 0 Å². The van der Waals surface area contributed by atoms with Crippen LogP contribution in [0.15, 0.2) is 34.7 Å². The molecule has 16 heavy (non-hydrogen) atoms. The molecule has 1 aromatic heterocycles. The van der Waals surface area contributed by atoms with E-state index in [2.05, 4.69) is 6.07 Å². The van der Waals surface area contributed by atoms with Crippen LogP contribution in [0.2, 0.25) is 0 Å². The minimum atomic E-state index is -0.674. The number of furan rings is 1. The first kappa shape index (κ1) is 11.0. The molecule has 0 saturated heterocycles. The van der Waals surface area contributed by atoms with Gasteiger partial charge in [-0.3, -0.25) is 0 Å². The lowest BCUT2D eigenvalue weighted by Crippen LogP contribution is -1.99. The molecule has 2 heteroatoms. The molecular weight excluding hydrogens is 200 g/mol. The van der Waals surface area contributed by atoms with Gasteiger partial charge in [0.1, 0.15) is 17.6 Å². The fourth-order valence-electron chi connectivity index (χ4n) is 1.93. The van der Waals surface area contributed by atoms with Gasteiger partial charge in [-0.05, 0) is 38.5 Å². The lowest BCUT2D eigenvalue weighted by atomic mass is 10.0. The molecule has 2 rings (SSSR count). The van der Waals surface area contributed by atoms with Crippen molar-refractivity contribution in [3.63, 3.8) is 0 Å². The minimum absolute atomic E-state index is 0.600. The zero-order chi connectivity index (χ0) is 11.7. The molecule has 2 nitrogen and oxygen atoms in total. The summed E-state index contributed by atoms with van der Waals surface area (Å²) < 4.78 is 5.43. The Morgan fingerprint density at radius 2 is 1.62 bits per heavy atom. The first-order valence-corrected chi connectivity index (χ1v) is 5.39. The van der Waals surface area contributed by atoms with E-state index in [0.29, 0.717) is 5.76 Å². The molecule has 0 aliphatic carbocycles. The Morgan fingerprint density at radius 3 is 2.12 bits per heavy atom. The fraction of sp³-hybridized carbons (Fsp3) is 0.286. The Labute approximate surface area is 95.5 Å². The molecule has 1 unspecified atom stereocenters. The van der Waals surface area contributed by atoms with E-state index in [1.54, 1.807) is 0 Å². The second kappa shape index (κ2) is 4.14. The highest BCUT2D eigenvalue weighted by atomic mass is 16.4. The summed E-state index contributed by atoms with van der Waals surface area (Å²) >= 11 is 0. The third kappa shape index (κ3) is 2.17. The first-order valence-electron chi connectivity index (χ1n) is 5.39. The number of aryl methyl sites for hydroxylation is 3. The number of hydrogen-bond donors (Lipinski definition) is 1. The van der Waals surface area contributed by atoms with Gasteiger partial charge in [0, 0.05) is 0 Å². The van der Waals surface area contributed by atoms with Gasteiger partial charge >= 0.3 is 0 Å². The van der Waals surface area contributed by atoms with Crippen molar-refractivity contribution in [1.29, 1.82) is 0 Å². The quantitative estimate of drug-likeness (QED) is 0.835. The van der Waals surface area contributed by atoms with Crippen LogP contribution in [0, 0.1) is 20.8 Å². The molecule has 1 atom stereocenters. The van der Waals surface area contributed by atoms with E-state index >= 15 is 0 Å². The predicted octanol–water partition coefficient (Wildman–Crippen LogP) is 3.29. The summed E-state index contributed by atoms with van der Waals surface area (Å²) in [4.78, 5) is 0. The van der Waals surface area contributed by atoms with E-state index < -0.39 is 6.10 Å². The van der Waals surface area contributed by atoms with Gasteiger partial charge in [0.05, 0.1) is 0 Å². The molecule has 1 heterocycles. The molecular formula is C14H16O2. The van der Waals surface area contributed by atoms with Crippen molar-refractivity contribution in [2.45, 2.75) is 26.9 Å². The van der Waals surface area contributed by atoms with Crippen LogP contribution in [0.4, 0.5) is 0 Å². The second-order valence-electron chi connectivity index (χ2n) is 4.27. The van der Waals surface area contributed by atoms with Crippen LogP contribution in [-0.2, 0) is 0 Å². The van der Waals surface area contributed by atoms with Gasteiger partial charge in [-0.25, -0.2) is 0 Å². The molecule has 1 N–H and O–H groups in total. The zero-order valence-corrected chi connectivity index (χ0v) is 9.82. The summed E-state index contributed by atoms with van der Waals surface area (Å²) in [5.41, 5.74) is 3.18. The van der Waals surface area contributed by atoms with E-state index in [1.165, 1.54) is 0 Å². The Balaban J connectivity index is 2.37. The van der Waals surface area contributed by atoms with Gasteiger partial charge in [-0.15, -0.1) is 0 Å². The van der Waals surface area contributed by atoms with Gasteiger partial charge in [0.15, 0.2) is 0 Å². The van der Waals surface area contributed by atoms with E-state index in [4.69, 9.17) is 4.42 Å². The Bertz CT molecular complexity index is 477. The standard InChI is InChI=1S/C14H16O2/c1-9-6-10(2)8-12(7-9)14(15)13-5-4-11(3)16-13/h4-8,14-15H,1-3H3. The lowest BCUT2D eigenvalue weighted by Gasteiger charge is -2.10. The molecule has 0 aliphatic heterocycles. The van der Waals surface area contributed by atoms with Gasteiger partial charge in [-0.2, -0.15) is 0 Å². The number of hydrogen-bond acceptors (Lipinski definition) is 2. The molecule has 0 bridgehead atoms. The van der Waals surface area contributed by atoms with Crippen molar-refractivity contribution < 1.29 is 9.52 Å². The normalized spacial score (nSPS) is 12.8. The fourth-order valence-corrected chi connectivity index (χ4v) is 1.93. The highest BCUT2D eigenvalue weighted by Crippen LogP contribution is 2.25. The predicted molar refractivity (Wildman–Crippen MR) is 63.4 cm³/mol. The number of rotatable bonds is 2. The average Bonchev–Trinajstić information content (AvgIpc) is 2.62. The summed E-state index contributed by atoms with van der Waals surface area (Å²) in [6, 6.07) is 9.73. The summed E-state index contributed by atoms with van der Waals surface area (Å²) in [5.74, 6) is 1.42. The van der Waals surface area contributed by atoms with E-state index in [-0.39, 0.29) is 0 Å². The van der Waals surface area contributed by atoms with Gasteiger partial charge < -0.3 is 9.52 Å². The molecule has 1 aromatic carbocycles. The minimum Gasteiger partial charge on any atom is -0.463 e. The molecule has 84 valence electrons. The molecule has 0 saturated carbocycles. The SMILES string of the molecule is Cc1cc(C)cc(C(O)c2ccc(C)o2)c1. The highest BCUT2D eigenvalue weighted by molar-refractivity contribution is 5.33. The molecule has 0 fully saturated rings. The van der Waals surface area contributed by atoms with Crippen LogP contribution in [-0.4, -0.2) is 5.11 Å². The van der Waals surface area contributed by atoms with Crippen LogP contribution in [0.3, 0.4) is 0 Å². The van der Waals surface area contributed by atoms with E-state index in [0.717, 1.165) is 22.5 Å². The average molecular weight is 216 g/mol. The van der Waals surface area contributed by atoms with Crippen molar-refractivity contribution in [2.24, 2.45) is 0 Å². The largest absolute Gasteiger partial charge is 0.463 e. The van der Waals surface area contributed by atoms with Crippen LogP contribution in [0.5, 0.6) is 0 Å². The molecule has 0 spiro atoms. The third-order valence-corrected chi connectivity index (χ3v) is 2.59. The third-order valence-electron chi connectivity index (χ3n) is 2.59. The van der Waals surface area contributed by atoms with Crippen molar-refractivity contribution in [3.05, 3.63) is 58.5 Å². The lowest BCUT2D eigenvalue weighted by molar-refractivity contribution is 0.187. The van der Waals surface area contributed by atoms with Gasteiger partial charge in [0.2, 0.25) is 0 Å². The first-order chi connectivity index (χ1) is 7.56. The summed E-state index contributed by atoms with van der Waals surface area (Å²) in [6.07, 6.45) is -0.674. The summed E-state index contributed by atoms with van der Waals surface area (Å²) in [6.45, 7) is 5.92. The summed E-state index contributed by atoms with van der Waals surface area (Å²) in [7, 11) is 0. The molecule has 0 radical (unpaired) electrons. The second-order valence-corrected chi connectivity index (χ2v) is 4.27. The zero-order valence-electron chi connectivity index (χ0n) is 9.82. The van der Waals surface area contributed by atoms with Crippen LogP contribution < -0.4 is 0 Å². The maximum absolute atomic E-state index is 10.2.